The van der Waals surface area contributed by atoms with Crippen LogP contribution in [-0.2, 0) is 5.21 Å². The summed E-state index contributed by atoms with van der Waals surface area (Å²) in [4.78, 5) is 3.97. The number of aromatic nitrogens is 1. The zero-order valence-corrected chi connectivity index (χ0v) is 11.2. The minimum Gasteiger partial charge on any atom is -0.715 e. The van der Waals surface area contributed by atoms with Gasteiger partial charge in [-0.05, 0) is 39.8 Å². The zero-order chi connectivity index (χ0) is 13.6. The number of rotatable bonds is 1. The smallest absolute Gasteiger partial charge is 0.317 e. The van der Waals surface area contributed by atoms with Crippen LogP contribution in [0.15, 0.2) is 24.5 Å². The highest BCUT2D eigenvalue weighted by molar-refractivity contribution is 5.94. The summed E-state index contributed by atoms with van der Waals surface area (Å²) >= 11 is 0. The Morgan fingerprint density at radius 2 is 2.06 bits per heavy atom. The van der Waals surface area contributed by atoms with E-state index in [4.69, 9.17) is 0 Å². The second kappa shape index (κ2) is 3.95. The quantitative estimate of drug-likeness (QED) is 0.563. The molecule has 5 heteroatoms. The summed E-state index contributed by atoms with van der Waals surface area (Å²) in [6.45, 7) is 7.41. The molecule has 0 bridgehead atoms. The van der Waals surface area contributed by atoms with Gasteiger partial charge in [-0.2, -0.15) is 0 Å². The van der Waals surface area contributed by atoms with Crippen molar-refractivity contribution < 1.29 is 9.95 Å². The summed E-state index contributed by atoms with van der Waals surface area (Å²) in [5.41, 5.74) is -0.645. The predicted octanol–water partition coefficient (Wildman–Crippen LogP) is 1.95. The lowest BCUT2D eigenvalue weighted by Gasteiger charge is -2.43. The monoisotopic (exact) mass is 248 g/mol. The summed E-state index contributed by atoms with van der Waals surface area (Å²) in [5, 5.41) is 25.5. The van der Waals surface area contributed by atoms with Crippen LogP contribution in [0.25, 0.3) is 0 Å². The van der Waals surface area contributed by atoms with Gasteiger partial charge < -0.3 is 5.21 Å². The van der Waals surface area contributed by atoms with Crippen molar-refractivity contribution in [3.8, 4) is 0 Å². The fourth-order valence-electron chi connectivity index (χ4n) is 2.59. The van der Waals surface area contributed by atoms with Crippen LogP contribution in [0.2, 0.25) is 0 Å². The van der Waals surface area contributed by atoms with Crippen LogP contribution < -0.4 is 0 Å². The molecule has 5 nitrogen and oxygen atoms in total. The van der Waals surface area contributed by atoms with Crippen LogP contribution in [0.4, 0.5) is 0 Å². The van der Waals surface area contributed by atoms with Gasteiger partial charge in [-0.15, -0.1) is 0 Å². The third kappa shape index (κ3) is 1.95. The second-order valence-corrected chi connectivity index (χ2v) is 5.96. The first kappa shape index (κ1) is 12.8. The molecule has 2 heterocycles. The van der Waals surface area contributed by atoms with Crippen LogP contribution in [-0.4, -0.2) is 31.7 Å². The molecule has 18 heavy (non-hydrogen) atoms. The van der Waals surface area contributed by atoms with Gasteiger partial charge >= 0.3 is 5.84 Å². The predicted molar refractivity (Wildman–Crippen MR) is 67.3 cm³/mol. The molecule has 0 saturated carbocycles. The molecule has 1 radical (unpaired) electrons. The molecule has 0 aliphatic carbocycles. The first-order chi connectivity index (χ1) is 8.26. The van der Waals surface area contributed by atoms with Crippen LogP contribution >= 0.6 is 0 Å². The van der Waals surface area contributed by atoms with Crippen LogP contribution in [0.1, 0.15) is 39.7 Å². The van der Waals surface area contributed by atoms with Gasteiger partial charge in [-0.3, -0.25) is 9.72 Å². The lowest BCUT2D eigenvalue weighted by Crippen LogP contribution is -2.59. The van der Waals surface area contributed by atoms with Gasteiger partial charge in [-0.1, -0.05) is 5.06 Å². The lowest BCUT2D eigenvalue weighted by molar-refractivity contribution is -0.566. The molecular formula is C13H18N3O2. The van der Waals surface area contributed by atoms with E-state index in [1.165, 1.54) is 0 Å². The largest absolute Gasteiger partial charge is 0.715 e. The van der Waals surface area contributed by atoms with Crippen molar-refractivity contribution in [2.75, 3.05) is 0 Å². The van der Waals surface area contributed by atoms with Crippen molar-refractivity contribution in [3.63, 3.8) is 0 Å². The van der Waals surface area contributed by atoms with Crippen molar-refractivity contribution in [2.24, 2.45) is 0 Å². The fourth-order valence-corrected chi connectivity index (χ4v) is 2.59. The van der Waals surface area contributed by atoms with Gasteiger partial charge in [0.15, 0.2) is 0 Å². The molecule has 0 aromatic carbocycles. The Labute approximate surface area is 107 Å². The average molecular weight is 248 g/mol. The molecular weight excluding hydrogens is 230 g/mol. The summed E-state index contributed by atoms with van der Waals surface area (Å²) in [6.07, 6.45) is 3.67. The van der Waals surface area contributed by atoms with Crippen molar-refractivity contribution in [1.82, 2.24) is 10.0 Å². The molecule has 0 spiro atoms. The van der Waals surface area contributed by atoms with Crippen LogP contribution in [0, 0.1) is 5.21 Å². The van der Waals surface area contributed by atoms with E-state index in [2.05, 4.69) is 4.98 Å². The normalized spacial score (nSPS) is 22.2. The summed E-state index contributed by atoms with van der Waals surface area (Å²) in [5.74, 6) is 0.143. The van der Waals surface area contributed by atoms with E-state index in [1.54, 1.807) is 24.5 Å². The van der Waals surface area contributed by atoms with Gasteiger partial charge in [0.1, 0.15) is 11.1 Å². The Morgan fingerprint density at radius 1 is 1.39 bits per heavy atom. The van der Waals surface area contributed by atoms with Crippen LogP contribution in [0.5, 0.6) is 0 Å². The van der Waals surface area contributed by atoms with E-state index < -0.39 is 11.1 Å². The maximum atomic E-state index is 12.4. The molecule has 0 amide bonds. The summed E-state index contributed by atoms with van der Waals surface area (Å²) in [6, 6.07) is 3.45. The minimum absolute atomic E-state index is 0.143. The molecule has 1 aromatic heterocycles. The van der Waals surface area contributed by atoms with E-state index in [9.17, 15) is 10.4 Å². The SMILES string of the molecule is CC1(C)CC(C)(C)[N+]([O-])=C(c2cccnc2)N1[O]. The maximum absolute atomic E-state index is 12.4. The highest BCUT2D eigenvalue weighted by Crippen LogP contribution is 2.33. The van der Waals surface area contributed by atoms with Gasteiger partial charge in [-0.25, -0.2) is 0 Å². The average Bonchev–Trinajstić information content (AvgIpc) is 2.27. The minimum atomic E-state index is -0.602. The molecule has 1 aromatic rings. The number of hydroxylamine groups is 3. The summed E-state index contributed by atoms with van der Waals surface area (Å²) in [7, 11) is 0. The maximum Gasteiger partial charge on any atom is 0.317 e. The van der Waals surface area contributed by atoms with Gasteiger partial charge in [0.25, 0.3) is 0 Å². The van der Waals surface area contributed by atoms with E-state index >= 15 is 0 Å². The second-order valence-electron chi connectivity index (χ2n) is 5.96. The van der Waals surface area contributed by atoms with E-state index in [0.29, 0.717) is 12.0 Å². The number of hydrogen-bond donors (Lipinski definition) is 0. The van der Waals surface area contributed by atoms with Crippen LogP contribution in [0.3, 0.4) is 0 Å². The molecule has 1 aliphatic heterocycles. The highest BCUT2D eigenvalue weighted by Gasteiger charge is 2.50. The van der Waals surface area contributed by atoms with E-state index in [1.807, 2.05) is 27.7 Å². The van der Waals surface area contributed by atoms with Gasteiger partial charge in [0.2, 0.25) is 0 Å². The molecule has 0 atom stereocenters. The zero-order valence-electron chi connectivity index (χ0n) is 11.2. The number of hydrogen-bond acceptors (Lipinski definition) is 3. The topological polar surface area (TPSA) is 62.1 Å². The third-order valence-corrected chi connectivity index (χ3v) is 3.27. The highest BCUT2D eigenvalue weighted by atomic mass is 16.5. The molecule has 0 unspecified atom stereocenters. The number of amidine groups is 1. The Hall–Kier alpha value is -1.62. The molecule has 97 valence electrons. The molecule has 0 fully saturated rings. The standard InChI is InChI=1S/C13H18N3O2/c1-12(2)9-13(3,4)16(18)11(15(12)17)10-6-5-7-14-8-10/h5-8H,9H2,1-4H3. The lowest BCUT2D eigenvalue weighted by atomic mass is 9.84. The Morgan fingerprint density at radius 3 is 2.61 bits per heavy atom. The van der Waals surface area contributed by atoms with Crippen molar-refractivity contribution in [2.45, 2.75) is 45.2 Å². The van der Waals surface area contributed by atoms with E-state index in [-0.39, 0.29) is 5.84 Å². The number of nitrogens with zero attached hydrogens (tertiary/aromatic N) is 3. The van der Waals surface area contributed by atoms with Gasteiger partial charge in [0, 0.05) is 24.0 Å². The molecule has 2 rings (SSSR count). The third-order valence-electron chi connectivity index (χ3n) is 3.27. The Kier molecular flexibility index (Phi) is 2.81. The summed E-state index contributed by atoms with van der Waals surface area (Å²) < 4.78 is 0.808. The first-order valence-corrected chi connectivity index (χ1v) is 5.98. The molecule has 0 N–H and O–H groups in total. The molecule has 0 saturated heterocycles. The Balaban J connectivity index is 2.61. The fraction of sp³-hybridized carbons (Fsp3) is 0.538. The van der Waals surface area contributed by atoms with Crippen molar-refractivity contribution in [3.05, 3.63) is 35.3 Å². The first-order valence-electron chi connectivity index (χ1n) is 5.98. The van der Waals surface area contributed by atoms with E-state index in [0.717, 1.165) is 9.80 Å². The Bertz CT molecular complexity index is 480. The number of pyridine rings is 1. The van der Waals surface area contributed by atoms with Gasteiger partial charge in [0.05, 0.1) is 5.56 Å². The molecule has 1 aliphatic rings. The van der Waals surface area contributed by atoms with Crippen molar-refractivity contribution in [1.29, 1.82) is 0 Å². The van der Waals surface area contributed by atoms with Crippen molar-refractivity contribution >= 4 is 5.84 Å².